The zero-order valence-electron chi connectivity index (χ0n) is 23.9. The summed E-state index contributed by atoms with van der Waals surface area (Å²) < 4.78 is 7.65. The molecule has 3 aromatic heterocycles. The smallest absolute Gasteiger partial charge is 0.229 e. The van der Waals surface area contributed by atoms with Gasteiger partial charge < -0.3 is 25.6 Å². The average Bonchev–Trinajstić information content (AvgIpc) is 3.44. The number of nitrogens with zero attached hydrogens (tertiary/aromatic N) is 7. The van der Waals surface area contributed by atoms with E-state index in [9.17, 15) is 0 Å². The summed E-state index contributed by atoms with van der Waals surface area (Å²) in [4.78, 5) is 20.7. The second-order valence-corrected chi connectivity index (χ2v) is 12.8. The Balaban J connectivity index is 1.37. The van der Waals surface area contributed by atoms with Gasteiger partial charge in [-0.1, -0.05) is 19.5 Å². The van der Waals surface area contributed by atoms with Crippen LogP contribution in [0.15, 0.2) is 55.2 Å². The fourth-order valence-corrected chi connectivity index (χ4v) is 6.48. The van der Waals surface area contributed by atoms with Gasteiger partial charge in [-0.05, 0) is 31.5 Å². The van der Waals surface area contributed by atoms with E-state index in [1.165, 1.54) is 0 Å². The van der Waals surface area contributed by atoms with Gasteiger partial charge in [0.25, 0.3) is 0 Å². The van der Waals surface area contributed by atoms with Crippen molar-refractivity contribution in [3.05, 3.63) is 60.3 Å². The fraction of sp³-hybridized carbons (Fsp3) is 0.276. The lowest BCUT2D eigenvalue weighted by Crippen LogP contribution is -2.43. The molecule has 216 valence electrons. The van der Waals surface area contributed by atoms with Crippen LogP contribution in [0.3, 0.4) is 0 Å². The van der Waals surface area contributed by atoms with Gasteiger partial charge in [0.15, 0.2) is 5.82 Å². The molecular formula is C29H32ClN10OP. The molecule has 5 aromatic rings. The number of fused-ring (bicyclic) bond motifs is 1. The number of ether oxygens (including phenoxy) is 1. The normalized spacial score (nSPS) is 13.5. The van der Waals surface area contributed by atoms with E-state index in [1.54, 1.807) is 30.4 Å². The molecule has 13 heteroatoms. The number of rotatable bonds is 8. The van der Waals surface area contributed by atoms with Crippen molar-refractivity contribution in [2.45, 2.75) is 0 Å². The molecule has 1 aliphatic rings. The number of hydrogen-bond acceptors (Lipinski definition) is 10. The topological polar surface area (TPSA) is 118 Å². The van der Waals surface area contributed by atoms with Gasteiger partial charge >= 0.3 is 0 Å². The van der Waals surface area contributed by atoms with E-state index in [2.05, 4.69) is 66.4 Å². The van der Waals surface area contributed by atoms with Crippen molar-refractivity contribution < 1.29 is 4.74 Å². The summed E-state index contributed by atoms with van der Waals surface area (Å²) in [5.41, 5.74) is 6.50. The summed E-state index contributed by atoms with van der Waals surface area (Å²) >= 11 is 6.59. The van der Waals surface area contributed by atoms with E-state index >= 15 is 0 Å². The minimum Gasteiger partial charge on any atom is -0.494 e. The van der Waals surface area contributed by atoms with Crippen molar-refractivity contribution in [2.24, 2.45) is 7.05 Å². The van der Waals surface area contributed by atoms with Gasteiger partial charge in [-0.3, -0.25) is 14.6 Å². The highest BCUT2D eigenvalue weighted by Gasteiger charge is 2.21. The van der Waals surface area contributed by atoms with Crippen molar-refractivity contribution in [2.75, 3.05) is 62.2 Å². The first-order valence-corrected chi connectivity index (χ1v) is 16.2. The zero-order chi connectivity index (χ0) is 29.2. The zero-order valence-corrected chi connectivity index (χ0v) is 25.5. The molecule has 0 bridgehead atoms. The third kappa shape index (κ3) is 5.68. The molecule has 0 unspecified atom stereocenters. The first kappa shape index (κ1) is 28.1. The van der Waals surface area contributed by atoms with Crippen LogP contribution in [0.25, 0.3) is 22.2 Å². The Morgan fingerprint density at radius 1 is 1.00 bits per heavy atom. The van der Waals surface area contributed by atoms with Crippen LogP contribution in [-0.2, 0) is 7.05 Å². The molecule has 4 heterocycles. The van der Waals surface area contributed by atoms with Gasteiger partial charge in [0.2, 0.25) is 5.95 Å². The van der Waals surface area contributed by atoms with Crippen LogP contribution >= 0.6 is 19.5 Å². The molecule has 0 spiro atoms. The molecule has 11 nitrogen and oxygen atoms in total. The number of halogens is 1. The van der Waals surface area contributed by atoms with Crippen LogP contribution in [-0.4, -0.2) is 76.3 Å². The number of nitrogens with one attached hydrogen (secondary N) is 3. The van der Waals surface area contributed by atoms with Gasteiger partial charge in [-0.2, -0.15) is 10.1 Å². The summed E-state index contributed by atoms with van der Waals surface area (Å²) in [5.74, 6) is 1.55. The lowest BCUT2D eigenvalue weighted by atomic mass is 10.0. The van der Waals surface area contributed by atoms with Crippen LogP contribution < -0.4 is 30.9 Å². The van der Waals surface area contributed by atoms with E-state index in [0.717, 1.165) is 70.7 Å². The van der Waals surface area contributed by atoms with Crippen LogP contribution in [0.1, 0.15) is 0 Å². The van der Waals surface area contributed by atoms with E-state index in [-0.39, 0.29) is 0 Å². The minimum absolute atomic E-state index is 0.379. The Morgan fingerprint density at radius 2 is 1.81 bits per heavy atom. The number of anilines is 5. The molecule has 1 aliphatic heterocycles. The summed E-state index contributed by atoms with van der Waals surface area (Å²) in [6.45, 7) is 8.03. The number of methoxy groups -OCH3 is 1. The molecule has 42 heavy (non-hydrogen) atoms. The summed E-state index contributed by atoms with van der Waals surface area (Å²) in [7, 11) is 3.08. The van der Waals surface area contributed by atoms with Gasteiger partial charge in [-0.15, -0.1) is 0 Å². The predicted octanol–water partition coefficient (Wildman–Crippen LogP) is 4.75. The highest BCUT2D eigenvalue weighted by atomic mass is 35.5. The van der Waals surface area contributed by atoms with Crippen LogP contribution in [0, 0.1) is 0 Å². The number of benzene rings is 2. The van der Waals surface area contributed by atoms with Gasteiger partial charge in [0, 0.05) is 85.7 Å². The molecule has 0 radical (unpaired) electrons. The first-order chi connectivity index (χ1) is 20.4. The number of aromatic nitrogens is 6. The van der Waals surface area contributed by atoms with Gasteiger partial charge in [0.1, 0.15) is 10.8 Å². The lowest BCUT2D eigenvalue weighted by molar-refractivity contribution is 0.416. The van der Waals surface area contributed by atoms with E-state index in [1.807, 2.05) is 31.6 Å². The molecule has 0 saturated carbocycles. The summed E-state index contributed by atoms with van der Waals surface area (Å²) in [6.07, 6.45) is 8.90. The lowest BCUT2D eigenvalue weighted by Gasteiger charge is -2.31. The number of hydrogen-bond donors (Lipinski definition) is 3. The van der Waals surface area contributed by atoms with Crippen molar-refractivity contribution >= 4 is 64.7 Å². The summed E-state index contributed by atoms with van der Waals surface area (Å²) in [6, 6.07) is 8.09. The maximum absolute atomic E-state index is 6.59. The fourth-order valence-electron chi connectivity index (χ4n) is 5.13. The van der Waals surface area contributed by atoms with Gasteiger partial charge in [-0.25, -0.2) is 4.98 Å². The molecule has 1 fully saturated rings. The van der Waals surface area contributed by atoms with Gasteiger partial charge in [0.05, 0.1) is 36.2 Å². The monoisotopic (exact) mass is 602 g/mol. The van der Waals surface area contributed by atoms with E-state index in [4.69, 9.17) is 21.3 Å². The standard InChI is InChI=1S/C29H32ClN10OP/c1-39-17-18(15-35-39)19-13-23(25(41-2)14-24(19)40-11-9-31-10-12-40)37-29-34-16-20(30)28(38-29)36-22-6-5-21-26(27(22)42(3)4)33-8-7-32-21/h5-8,13-17,31H,9-12H2,1-4H3,(H2,34,36,37,38). The Labute approximate surface area is 250 Å². The average molecular weight is 603 g/mol. The molecule has 6 rings (SSSR count). The molecule has 0 aliphatic carbocycles. The second kappa shape index (κ2) is 12.1. The third-order valence-electron chi connectivity index (χ3n) is 7.10. The maximum atomic E-state index is 6.59. The SMILES string of the molecule is COc1cc(N2CCNCC2)c(-c2cnn(C)c2)cc1Nc1ncc(Cl)c(Nc2ccc3nccnc3c2P(C)C)n1. The van der Waals surface area contributed by atoms with Crippen LogP contribution in [0.5, 0.6) is 5.75 Å². The molecule has 1 saturated heterocycles. The highest BCUT2D eigenvalue weighted by molar-refractivity contribution is 7.65. The Kier molecular flexibility index (Phi) is 8.06. The van der Waals surface area contributed by atoms with Crippen molar-refractivity contribution in [3.63, 3.8) is 0 Å². The number of aryl methyl sites for hydroxylation is 1. The molecule has 0 amide bonds. The van der Waals surface area contributed by atoms with Crippen molar-refractivity contribution in [3.8, 4) is 16.9 Å². The molecular weight excluding hydrogens is 571 g/mol. The minimum atomic E-state index is -0.508. The van der Waals surface area contributed by atoms with Crippen LogP contribution in [0.4, 0.5) is 28.8 Å². The quantitative estimate of drug-likeness (QED) is 0.215. The second-order valence-electron chi connectivity index (χ2n) is 10.1. The van der Waals surface area contributed by atoms with Crippen molar-refractivity contribution in [1.29, 1.82) is 0 Å². The largest absolute Gasteiger partial charge is 0.494 e. The van der Waals surface area contributed by atoms with Crippen LogP contribution in [0.2, 0.25) is 5.02 Å². The highest BCUT2D eigenvalue weighted by Crippen LogP contribution is 2.41. The predicted molar refractivity (Wildman–Crippen MR) is 172 cm³/mol. The number of piperazine rings is 1. The maximum Gasteiger partial charge on any atom is 0.229 e. The Hall–Kier alpha value is -4.05. The summed E-state index contributed by atoms with van der Waals surface area (Å²) in [5, 5.41) is 16.1. The Morgan fingerprint density at radius 3 is 2.55 bits per heavy atom. The van der Waals surface area contributed by atoms with Crippen molar-refractivity contribution in [1.82, 2.24) is 35.0 Å². The van der Waals surface area contributed by atoms with E-state index < -0.39 is 7.92 Å². The third-order valence-corrected chi connectivity index (χ3v) is 8.72. The van der Waals surface area contributed by atoms with E-state index in [0.29, 0.717) is 22.5 Å². The molecule has 2 aromatic carbocycles. The molecule has 0 atom stereocenters. The Bertz CT molecular complexity index is 1740. The first-order valence-electron chi connectivity index (χ1n) is 13.6. The molecule has 3 N–H and O–H groups in total.